The molecule has 0 aromatic rings. The number of carboxylic acid groups (broad SMARTS) is 1. The number of nitrogens with one attached hydrogen (secondary N) is 1. The number of carboxylic acids is 1. The van der Waals surface area contributed by atoms with E-state index in [0.29, 0.717) is 12.8 Å². The minimum Gasteiger partial charge on any atom is -0.480 e. The first-order valence-corrected chi connectivity index (χ1v) is 26.8. The van der Waals surface area contributed by atoms with Gasteiger partial charge >= 0.3 is 19.8 Å². The maximum atomic E-state index is 12.4. The van der Waals surface area contributed by atoms with Crippen molar-refractivity contribution in [3.05, 3.63) is 97.2 Å². The summed E-state index contributed by atoms with van der Waals surface area (Å²) in [7, 11) is -4.78. The Morgan fingerprint density at radius 3 is 1.26 bits per heavy atom. The number of amides is 1. The molecule has 4 N–H and O–H groups in total. The average Bonchev–Trinajstić information content (AvgIpc) is 3.29. The van der Waals surface area contributed by atoms with Gasteiger partial charge in [-0.3, -0.25) is 18.6 Å². The van der Waals surface area contributed by atoms with Crippen LogP contribution in [-0.4, -0.2) is 64.9 Å². The lowest BCUT2D eigenvalue weighted by molar-refractivity contribution is -0.147. The standard InChI is InChI=1S/C54H90NO10P/c1-3-5-7-9-11-13-15-17-19-21-23-24-25-26-28-29-31-33-35-37-39-41-43-45-52(57)55-51(54(59)60)49-65-66(61,62)64-48-50(56)47-63-53(58)46-44-42-40-38-36-34-32-30-27-22-20-18-16-14-12-10-8-6-4-2/h11-14,17-20,23-24,26-28,30,34,36,50-51,56H,3-10,15-16,21-22,25,29,31-33,35,37-49H2,1-2H3,(H,55,57)(H,59,60)(H,61,62)/b13-11-,14-12-,19-17-,20-18-,24-23-,28-26-,30-27-,36-34-. The Bertz CT molecular complexity index is 1480. The maximum absolute atomic E-state index is 12.4. The number of rotatable bonds is 46. The zero-order valence-electron chi connectivity index (χ0n) is 41.0. The van der Waals surface area contributed by atoms with E-state index >= 15 is 0 Å². The van der Waals surface area contributed by atoms with E-state index in [2.05, 4.69) is 116 Å². The highest BCUT2D eigenvalue weighted by Crippen LogP contribution is 2.43. The van der Waals surface area contributed by atoms with Crippen molar-refractivity contribution in [2.75, 3.05) is 19.8 Å². The Kier molecular flexibility index (Phi) is 45.3. The van der Waals surface area contributed by atoms with Gasteiger partial charge in [-0.15, -0.1) is 0 Å². The molecule has 376 valence electrons. The molecule has 1 amide bonds. The van der Waals surface area contributed by atoms with Crippen LogP contribution in [0.25, 0.3) is 0 Å². The van der Waals surface area contributed by atoms with Crippen LogP contribution in [0.1, 0.15) is 194 Å². The van der Waals surface area contributed by atoms with Crippen LogP contribution in [0, 0.1) is 0 Å². The molecule has 3 unspecified atom stereocenters. The highest BCUT2D eigenvalue weighted by Gasteiger charge is 2.28. The van der Waals surface area contributed by atoms with E-state index in [1.165, 1.54) is 51.4 Å². The van der Waals surface area contributed by atoms with Crippen molar-refractivity contribution in [2.24, 2.45) is 0 Å². The van der Waals surface area contributed by atoms with Gasteiger partial charge in [0.1, 0.15) is 12.7 Å². The van der Waals surface area contributed by atoms with Crippen LogP contribution in [0.3, 0.4) is 0 Å². The Morgan fingerprint density at radius 1 is 0.485 bits per heavy atom. The van der Waals surface area contributed by atoms with E-state index in [-0.39, 0.29) is 12.8 Å². The van der Waals surface area contributed by atoms with Crippen molar-refractivity contribution in [1.29, 1.82) is 0 Å². The van der Waals surface area contributed by atoms with Gasteiger partial charge in [0.05, 0.1) is 13.2 Å². The SMILES string of the molecule is CCCCC/C=C\C/C=C\C/C=C\C/C=C\CCCCCCCCCC(=O)NC(COP(=O)(O)OCC(O)COC(=O)CCCCC/C=C\C/C=C\C/C=C\C/C=C\CCCCC)C(=O)O. The first-order valence-electron chi connectivity index (χ1n) is 25.3. The van der Waals surface area contributed by atoms with Gasteiger partial charge in [0, 0.05) is 12.8 Å². The Labute approximate surface area is 400 Å². The normalized spacial score (nSPS) is 14.4. The molecule has 0 radical (unpaired) electrons. The molecule has 0 fully saturated rings. The predicted octanol–water partition coefficient (Wildman–Crippen LogP) is 14.0. The lowest BCUT2D eigenvalue weighted by Gasteiger charge is -2.18. The number of aliphatic hydroxyl groups is 1. The molecule has 0 saturated carbocycles. The van der Waals surface area contributed by atoms with Crippen LogP contribution in [0.4, 0.5) is 0 Å². The first kappa shape index (κ1) is 62.4. The topological polar surface area (TPSA) is 169 Å². The second-order valence-corrected chi connectivity index (χ2v) is 18.1. The number of unbranched alkanes of at least 4 members (excludes halogenated alkanes) is 16. The highest BCUT2D eigenvalue weighted by molar-refractivity contribution is 7.47. The number of aliphatic hydroxyl groups excluding tert-OH is 1. The molecule has 0 aromatic heterocycles. The van der Waals surface area contributed by atoms with E-state index in [1.807, 2.05) is 0 Å². The second-order valence-electron chi connectivity index (χ2n) is 16.6. The summed E-state index contributed by atoms with van der Waals surface area (Å²) in [5.74, 6) is -2.43. The van der Waals surface area contributed by atoms with Gasteiger partial charge in [0.25, 0.3) is 0 Å². The molecule has 0 rings (SSSR count). The third-order valence-corrected chi connectivity index (χ3v) is 11.3. The summed E-state index contributed by atoms with van der Waals surface area (Å²) in [5.41, 5.74) is 0. The van der Waals surface area contributed by atoms with Crippen LogP contribution in [-0.2, 0) is 32.7 Å². The van der Waals surface area contributed by atoms with Gasteiger partial charge in [-0.1, -0.05) is 175 Å². The number of esters is 1. The van der Waals surface area contributed by atoms with Gasteiger partial charge in [-0.25, -0.2) is 9.36 Å². The summed E-state index contributed by atoms with van der Waals surface area (Å²) in [6, 6.07) is -1.56. The quantitative estimate of drug-likeness (QED) is 0.0199. The minimum atomic E-state index is -4.78. The summed E-state index contributed by atoms with van der Waals surface area (Å²) in [4.78, 5) is 46.1. The van der Waals surface area contributed by atoms with Gasteiger partial charge in [0.15, 0.2) is 6.04 Å². The third kappa shape index (κ3) is 46.9. The van der Waals surface area contributed by atoms with E-state index in [1.54, 1.807) is 0 Å². The molecule has 0 bridgehead atoms. The smallest absolute Gasteiger partial charge is 0.472 e. The molecular weight excluding hydrogens is 854 g/mol. The third-order valence-electron chi connectivity index (χ3n) is 10.3. The molecule has 0 heterocycles. The number of carbonyl (C=O) groups excluding carboxylic acids is 2. The number of allylic oxidation sites excluding steroid dienone is 16. The number of phosphoric ester groups is 1. The average molecular weight is 944 g/mol. The van der Waals surface area contributed by atoms with Crippen LogP contribution >= 0.6 is 7.82 Å². The summed E-state index contributed by atoms with van der Waals surface area (Å²) in [5, 5.41) is 21.9. The molecule has 66 heavy (non-hydrogen) atoms. The number of ether oxygens (including phenoxy) is 1. The van der Waals surface area contributed by atoms with Crippen LogP contribution in [0.15, 0.2) is 97.2 Å². The fourth-order valence-corrected chi connectivity index (χ4v) is 7.17. The van der Waals surface area contributed by atoms with Gasteiger partial charge in [-0.05, 0) is 103 Å². The van der Waals surface area contributed by atoms with Crippen molar-refractivity contribution < 1.29 is 47.8 Å². The number of aliphatic carboxylic acids is 1. The number of phosphoric acid groups is 1. The zero-order chi connectivity index (χ0) is 48.4. The van der Waals surface area contributed by atoms with Crippen molar-refractivity contribution in [3.8, 4) is 0 Å². The maximum Gasteiger partial charge on any atom is 0.472 e. The van der Waals surface area contributed by atoms with Crippen molar-refractivity contribution in [3.63, 3.8) is 0 Å². The van der Waals surface area contributed by atoms with E-state index < -0.39 is 57.6 Å². The molecule has 0 aromatic carbocycles. The minimum absolute atomic E-state index is 0.125. The van der Waals surface area contributed by atoms with E-state index in [0.717, 1.165) is 103 Å². The fourth-order valence-electron chi connectivity index (χ4n) is 6.40. The van der Waals surface area contributed by atoms with Crippen LogP contribution < -0.4 is 5.32 Å². The summed E-state index contributed by atoms with van der Waals surface area (Å²) < 4.78 is 26.9. The Balaban J connectivity index is 3.94. The van der Waals surface area contributed by atoms with Gasteiger partial charge in [0.2, 0.25) is 5.91 Å². The van der Waals surface area contributed by atoms with Crippen molar-refractivity contribution in [1.82, 2.24) is 5.32 Å². The van der Waals surface area contributed by atoms with Crippen LogP contribution in [0.2, 0.25) is 0 Å². The monoisotopic (exact) mass is 944 g/mol. The number of hydrogen-bond donors (Lipinski definition) is 4. The van der Waals surface area contributed by atoms with Crippen molar-refractivity contribution >= 4 is 25.7 Å². The van der Waals surface area contributed by atoms with Gasteiger partial charge in [-0.2, -0.15) is 0 Å². The molecule has 0 aliphatic heterocycles. The molecule has 0 aliphatic rings. The fraction of sp³-hybridized carbons (Fsp3) is 0.648. The lowest BCUT2D eigenvalue weighted by Crippen LogP contribution is -2.43. The Morgan fingerprint density at radius 2 is 0.833 bits per heavy atom. The Hall–Kier alpha value is -3.60. The lowest BCUT2D eigenvalue weighted by atomic mass is 10.1. The molecule has 11 nitrogen and oxygen atoms in total. The molecule has 3 atom stereocenters. The summed E-state index contributed by atoms with van der Waals surface area (Å²) in [6.45, 7) is 2.50. The number of carbonyl (C=O) groups is 3. The molecular formula is C54H90NO10P. The molecule has 12 heteroatoms. The largest absolute Gasteiger partial charge is 0.480 e. The summed E-state index contributed by atoms with van der Waals surface area (Å²) >= 11 is 0. The molecule has 0 aliphatic carbocycles. The molecule has 0 spiro atoms. The predicted molar refractivity (Wildman–Crippen MR) is 272 cm³/mol. The van der Waals surface area contributed by atoms with E-state index in [9.17, 15) is 34.1 Å². The molecule has 0 saturated heterocycles. The van der Waals surface area contributed by atoms with Crippen molar-refractivity contribution in [2.45, 2.75) is 206 Å². The number of hydrogen-bond acceptors (Lipinski definition) is 8. The van der Waals surface area contributed by atoms with Crippen LogP contribution in [0.5, 0.6) is 0 Å². The van der Waals surface area contributed by atoms with Gasteiger partial charge < -0.3 is 25.2 Å². The zero-order valence-corrected chi connectivity index (χ0v) is 41.9. The highest BCUT2D eigenvalue weighted by atomic mass is 31.2. The summed E-state index contributed by atoms with van der Waals surface area (Å²) in [6.07, 6.45) is 61.3. The second kappa shape index (κ2) is 47.9. The first-order chi connectivity index (χ1) is 32.1. The van der Waals surface area contributed by atoms with E-state index in [4.69, 9.17) is 13.8 Å².